The first kappa shape index (κ1) is 17.9. The monoisotopic (exact) mass is 372 g/mol. The number of carbonyl (C=O) groups is 2. The van der Waals surface area contributed by atoms with Gasteiger partial charge >= 0.3 is 5.97 Å². The van der Waals surface area contributed by atoms with Gasteiger partial charge in [0.2, 0.25) is 0 Å². The van der Waals surface area contributed by atoms with Crippen LogP contribution >= 0.6 is 0 Å². The molecule has 3 saturated carbocycles. The molecule has 4 fully saturated rings. The minimum absolute atomic E-state index is 0.00432. The van der Waals surface area contributed by atoms with Crippen molar-refractivity contribution in [2.75, 3.05) is 6.61 Å². The maximum absolute atomic E-state index is 12.3. The third kappa shape index (κ3) is 2.19. The van der Waals surface area contributed by atoms with E-state index in [0.717, 1.165) is 51.6 Å². The fourth-order valence-electron chi connectivity index (χ4n) is 8.12. The summed E-state index contributed by atoms with van der Waals surface area (Å²) in [6.07, 6.45) is 11.0. The molecule has 5 aliphatic rings. The van der Waals surface area contributed by atoms with Gasteiger partial charge in [0.1, 0.15) is 11.9 Å². The molecule has 1 saturated heterocycles. The van der Waals surface area contributed by atoms with Gasteiger partial charge in [-0.1, -0.05) is 13.0 Å². The molecule has 1 heterocycles. The van der Waals surface area contributed by atoms with Crippen LogP contribution in [0.25, 0.3) is 0 Å². The topological polar surface area (TPSA) is 52.6 Å². The van der Waals surface area contributed by atoms with Gasteiger partial charge in [0.05, 0.1) is 12.2 Å². The van der Waals surface area contributed by atoms with Crippen LogP contribution in [0.5, 0.6) is 0 Å². The van der Waals surface area contributed by atoms with Gasteiger partial charge in [-0.05, 0) is 75.7 Å². The minimum atomic E-state index is -0.149. The van der Waals surface area contributed by atoms with Crippen LogP contribution in [0.4, 0.5) is 0 Å². The van der Waals surface area contributed by atoms with Crippen LogP contribution in [0.2, 0.25) is 0 Å². The molecular weight excluding hydrogens is 340 g/mol. The van der Waals surface area contributed by atoms with Crippen molar-refractivity contribution in [2.24, 2.45) is 28.6 Å². The second-order valence-electron chi connectivity index (χ2n) is 10.2. The van der Waals surface area contributed by atoms with Gasteiger partial charge < -0.3 is 9.47 Å². The Morgan fingerprint density at radius 2 is 1.96 bits per heavy atom. The Kier molecular flexibility index (Phi) is 3.77. The van der Waals surface area contributed by atoms with E-state index in [1.165, 1.54) is 18.9 Å². The molecule has 1 aliphatic heterocycles. The smallest absolute Gasteiger partial charge is 0.302 e. The van der Waals surface area contributed by atoms with E-state index in [4.69, 9.17) is 9.47 Å². The highest BCUT2D eigenvalue weighted by molar-refractivity contribution is 5.81. The third-order valence-corrected chi connectivity index (χ3v) is 9.19. The second kappa shape index (κ2) is 5.68. The van der Waals surface area contributed by atoms with Crippen molar-refractivity contribution in [3.05, 3.63) is 11.6 Å². The summed E-state index contributed by atoms with van der Waals surface area (Å²) in [5, 5.41) is 0. The molecule has 0 amide bonds. The molecule has 0 radical (unpaired) electrons. The Bertz CT molecular complexity index is 726. The van der Waals surface area contributed by atoms with Crippen molar-refractivity contribution in [3.63, 3.8) is 0 Å². The average Bonchev–Trinajstić information content (AvgIpc) is 3.07. The summed E-state index contributed by atoms with van der Waals surface area (Å²) in [6.45, 7) is 6.46. The van der Waals surface area contributed by atoms with E-state index in [1.54, 1.807) is 6.92 Å². The Hall–Kier alpha value is -1.16. The SMILES string of the molecule is CC(=O)O[C@H]1CC[C@@]23CO[C@]4(CC[C@H]2C1)C1=CC[C@H](C(C)=O)[C@@]1(C)CC[C@H]34. The number of hydrogen-bond acceptors (Lipinski definition) is 4. The standard InChI is InChI=1S/C23H32O4/c1-14(24)18-4-5-19-21(18,3)9-8-20-22-10-7-17(27-15(2)25)12-16(22)6-11-23(19,20)26-13-22/h5,16-18,20H,4,6-13H2,1-3H3/t16-,17-,18+,20+,21+,22+,23+/m0/s1. The van der Waals surface area contributed by atoms with Crippen molar-refractivity contribution >= 4 is 11.8 Å². The van der Waals surface area contributed by atoms with Crippen LogP contribution in [0, 0.1) is 28.6 Å². The first-order valence-corrected chi connectivity index (χ1v) is 10.8. The van der Waals surface area contributed by atoms with Crippen molar-refractivity contribution in [2.45, 2.75) is 83.8 Å². The summed E-state index contributed by atoms with van der Waals surface area (Å²) >= 11 is 0. The number of esters is 1. The van der Waals surface area contributed by atoms with Crippen LogP contribution in [0.15, 0.2) is 11.6 Å². The van der Waals surface area contributed by atoms with E-state index in [0.29, 0.717) is 17.6 Å². The number of ketones is 1. The van der Waals surface area contributed by atoms with Gasteiger partial charge in [0, 0.05) is 23.7 Å². The second-order valence-corrected chi connectivity index (χ2v) is 10.2. The first-order valence-electron chi connectivity index (χ1n) is 10.8. The molecule has 0 unspecified atom stereocenters. The lowest BCUT2D eigenvalue weighted by molar-refractivity contribution is -0.154. The van der Waals surface area contributed by atoms with E-state index in [1.807, 2.05) is 0 Å². The van der Waals surface area contributed by atoms with E-state index in [9.17, 15) is 9.59 Å². The quantitative estimate of drug-likeness (QED) is 0.538. The maximum atomic E-state index is 12.3. The summed E-state index contributed by atoms with van der Waals surface area (Å²) < 4.78 is 12.3. The van der Waals surface area contributed by atoms with E-state index in [2.05, 4.69) is 13.0 Å². The van der Waals surface area contributed by atoms with E-state index in [-0.39, 0.29) is 34.4 Å². The molecule has 0 aromatic rings. The van der Waals surface area contributed by atoms with Crippen LogP contribution in [0.3, 0.4) is 0 Å². The lowest BCUT2D eigenvalue weighted by Crippen LogP contribution is -2.57. The summed E-state index contributed by atoms with van der Waals surface area (Å²) in [7, 11) is 0. The van der Waals surface area contributed by atoms with Gasteiger partial charge in [-0.15, -0.1) is 0 Å². The normalized spacial score (nSPS) is 50.3. The molecular formula is C23H32O4. The average molecular weight is 373 g/mol. The largest absolute Gasteiger partial charge is 0.463 e. The third-order valence-electron chi connectivity index (χ3n) is 9.19. The number of ether oxygens (including phenoxy) is 2. The predicted octanol–water partition coefficient (Wildman–Crippen LogP) is 4.22. The molecule has 0 aromatic carbocycles. The molecule has 4 nitrogen and oxygen atoms in total. The zero-order valence-corrected chi connectivity index (χ0v) is 16.9. The van der Waals surface area contributed by atoms with E-state index >= 15 is 0 Å². The number of hydrogen-bond donors (Lipinski definition) is 0. The number of Topliss-reactive ketones (excluding diaryl/α,β-unsaturated/α-hetero) is 1. The molecule has 1 spiro atoms. The number of rotatable bonds is 2. The summed E-state index contributed by atoms with van der Waals surface area (Å²) in [6, 6.07) is 0. The summed E-state index contributed by atoms with van der Waals surface area (Å²) in [5.41, 5.74) is 1.59. The highest BCUT2D eigenvalue weighted by Crippen LogP contribution is 2.72. The van der Waals surface area contributed by atoms with Gasteiger partial charge in [-0.2, -0.15) is 0 Å². The Balaban J connectivity index is 1.46. The number of fused-ring (bicyclic) bond motifs is 1. The molecule has 27 heavy (non-hydrogen) atoms. The Morgan fingerprint density at radius 3 is 2.70 bits per heavy atom. The molecule has 4 aliphatic carbocycles. The number of allylic oxidation sites excluding steroid dienone is 1. The van der Waals surface area contributed by atoms with Crippen LogP contribution in [0.1, 0.15) is 72.1 Å². The van der Waals surface area contributed by atoms with Crippen molar-refractivity contribution in [1.29, 1.82) is 0 Å². The van der Waals surface area contributed by atoms with E-state index < -0.39 is 0 Å². The van der Waals surface area contributed by atoms with Crippen molar-refractivity contribution in [1.82, 2.24) is 0 Å². The van der Waals surface area contributed by atoms with Gasteiger partial charge in [0.25, 0.3) is 0 Å². The Labute approximate surface area is 162 Å². The fourth-order valence-corrected chi connectivity index (χ4v) is 8.12. The highest BCUT2D eigenvalue weighted by Gasteiger charge is 2.70. The first-order chi connectivity index (χ1) is 12.8. The van der Waals surface area contributed by atoms with Crippen LogP contribution in [-0.2, 0) is 19.1 Å². The predicted molar refractivity (Wildman–Crippen MR) is 101 cm³/mol. The fraction of sp³-hybridized carbons (Fsp3) is 0.826. The van der Waals surface area contributed by atoms with Crippen molar-refractivity contribution < 1.29 is 19.1 Å². The molecule has 7 atom stereocenters. The van der Waals surface area contributed by atoms with Gasteiger partial charge in [-0.25, -0.2) is 0 Å². The molecule has 0 N–H and O–H groups in total. The summed E-state index contributed by atoms with van der Waals surface area (Å²) in [4.78, 5) is 23.7. The molecule has 4 heteroatoms. The minimum Gasteiger partial charge on any atom is -0.463 e. The zero-order chi connectivity index (χ0) is 19.0. The van der Waals surface area contributed by atoms with Crippen LogP contribution < -0.4 is 0 Å². The van der Waals surface area contributed by atoms with Crippen molar-refractivity contribution in [3.8, 4) is 0 Å². The Morgan fingerprint density at radius 1 is 1.15 bits per heavy atom. The van der Waals surface area contributed by atoms with Crippen LogP contribution in [-0.4, -0.2) is 30.1 Å². The molecule has 2 bridgehead atoms. The highest BCUT2D eigenvalue weighted by atomic mass is 16.5. The lowest BCUT2D eigenvalue weighted by atomic mass is 9.45. The van der Waals surface area contributed by atoms with Gasteiger partial charge in [-0.3, -0.25) is 9.59 Å². The molecule has 148 valence electrons. The number of carbonyl (C=O) groups excluding carboxylic acids is 2. The zero-order valence-electron chi connectivity index (χ0n) is 16.9. The summed E-state index contributed by atoms with van der Waals surface area (Å²) in [5.74, 6) is 1.50. The molecule has 5 rings (SSSR count). The van der Waals surface area contributed by atoms with Gasteiger partial charge in [0.15, 0.2) is 0 Å². The maximum Gasteiger partial charge on any atom is 0.302 e. The lowest BCUT2D eigenvalue weighted by Gasteiger charge is -2.58. The molecule has 0 aromatic heterocycles.